The van der Waals surface area contributed by atoms with E-state index >= 15 is 0 Å². The summed E-state index contributed by atoms with van der Waals surface area (Å²) in [5.41, 5.74) is 3.52. The van der Waals surface area contributed by atoms with Crippen molar-refractivity contribution in [1.29, 1.82) is 0 Å². The number of anilines is 1. The molecule has 132 valence electrons. The van der Waals surface area contributed by atoms with E-state index in [1.165, 1.54) is 0 Å². The number of rotatable bonds is 4. The molecule has 0 aliphatic carbocycles. The molecule has 0 bridgehead atoms. The molecule has 26 heavy (non-hydrogen) atoms. The Hall–Kier alpha value is -2.99. The molecule has 2 heterocycles. The fraction of sp³-hybridized carbons (Fsp3) is 0.250. The maximum atomic E-state index is 12.6. The van der Waals surface area contributed by atoms with Crippen molar-refractivity contribution in [3.8, 4) is 11.4 Å². The molecule has 0 saturated carbocycles. The van der Waals surface area contributed by atoms with Crippen LogP contribution in [0.15, 0.2) is 54.9 Å². The summed E-state index contributed by atoms with van der Waals surface area (Å²) in [6.45, 7) is 1.52. The van der Waals surface area contributed by atoms with Gasteiger partial charge < -0.3 is 14.6 Å². The summed E-state index contributed by atoms with van der Waals surface area (Å²) >= 11 is 0. The average molecular weight is 348 g/mol. The van der Waals surface area contributed by atoms with Crippen LogP contribution in [0.3, 0.4) is 0 Å². The van der Waals surface area contributed by atoms with Crippen LogP contribution in [-0.2, 0) is 11.8 Å². The monoisotopic (exact) mass is 348 g/mol. The van der Waals surface area contributed by atoms with Gasteiger partial charge in [0.05, 0.1) is 6.61 Å². The number of nitrogens with zero attached hydrogens (tertiary/aromatic N) is 3. The highest BCUT2D eigenvalue weighted by Crippen LogP contribution is 2.26. The minimum atomic E-state index is -0.114. The SMILES string of the molecule is Cn1cnnc1-c1ccc(NC(=O)c2cccc([C@@H]3CCOC3)c2)cc1. The van der Waals surface area contributed by atoms with E-state index in [-0.39, 0.29) is 5.91 Å². The zero-order valence-corrected chi connectivity index (χ0v) is 14.6. The van der Waals surface area contributed by atoms with E-state index in [9.17, 15) is 4.79 Å². The zero-order valence-electron chi connectivity index (χ0n) is 14.6. The first-order valence-corrected chi connectivity index (χ1v) is 8.64. The van der Waals surface area contributed by atoms with Gasteiger partial charge in [-0.25, -0.2) is 0 Å². The van der Waals surface area contributed by atoms with Gasteiger partial charge in [0.1, 0.15) is 6.33 Å². The molecule has 1 aliphatic rings. The number of carbonyl (C=O) groups is 1. The molecule has 1 fully saturated rings. The molecule has 0 unspecified atom stereocenters. The number of aryl methyl sites for hydroxylation is 1. The topological polar surface area (TPSA) is 69.0 Å². The Morgan fingerprint density at radius 1 is 1.23 bits per heavy atom. The summed E-state index contributed by atoms with van der Waals surface area (Å²) in [6.07, 6.45) is 2.67. The van der Waals surface area contributed by atoms with Crippen LogP contribution in [0.2, 0.25) is 0 Å². The number of benzene rings is 2. The summed E-state index contributed by atoms with van der Waals surface area (Å²) in [5, 5.41) is 10.9. The Bertz CT molecular complexity index is 912. The molecule has 1 amide bonds. The minimum absolute atomic E-state index is 0.114. The van der Waals surface area contributed by atoms with Crippen molar-refractivity contribution in [2.45, 2.75) is 12.3 Å². The van der Waals surface area contributed by atoms with Crippen LogP contribution >= 0.6 is 0 Å². The molecule has 1 aliphatic heterocycles. The van der Waals surface area contributed by atoms with Gasteiger partial charge in [-0.2, -0.15) is 0 Å². The van der Waals surface area contributed by atoms with E-state index in [0.29, 0.717) is 11.5 Å². The van der Waals surface area contributed by atoms with Gasteiger partial charge in [-0.1, -0.05) is 12.1 Å². The average Bonchev–Trinajstić information content (AvgIpc) is 3.34. The van der Waals surface area contributed by atoms with Crippen molar-refractivity contribution in [2.75, 3.05) is 18.5 Å². The van der Waals surface area contributed by atoms with Crippen molar-refractivity contribution in [2.24, 2.45) is 7.05 Å². The third-order valence-electron chi connectivity index (χ3n) is 4.66. The molecule has 1 aromatic heterocycles. The van der Waals surface area contributed by atoms with Crippen molar-refractivity contribution in [3.63, 3.8) is 0 Å². The van der Waals surface area contributed by atoms with E-state index in [1.54, 1.807) is 6.33 Å². The standard InChI is InChI=1S/C20H20N4O2/c1-24-13-21-23-19(24)14-5-7-18(8-6-14)22-20(25)16-4-2-3-15(11-16)17-9-10-26-12-17/h2-8,11,13,17H,9-10,12H2,1H3,(H,22,25)/t17-/m1/s1. The van der Waals surface area contributed by atoms with Crippen molar-refractivity contribution in [1.82, 2.24) is 14.8 Å². The van der Waals surface area contributed by atoms with E-state index in [0.717, 1.165) is 42.3 Å². The van der Waals surface area contributed by atoms with Gasteiger partial charge in [0, 0.05) is 36.4 Å². The lowest BCUT2D eigenvalue weighted by Crippen LogP contribution is -2.12. The number of hydrogen-bond acceptors (Lipinski definition) is 4. The van der Waals surface area contributed by atoms with E-state index in [4.69, 9.17) is 4.74 Å². The van der Waals surface area contributed by atoms with Crippen LogP contribution < -0.4 is 5.32 Å². The van der Waals surface area contributed by atoms with Crippen LogP contribution in [-0.4, -0.2) is 33.9 Å². The van der Waals surface area contributed by atoms with E-state index in [2.05, 4.69) is 21.6 Å². The summed E-state index contributed by atoms with van der Waals surface area (Å²) in [6, 6.07) is 15.4. The molecule has 2 aromatic carbocycles. The number of nitrogens with one attached hydrogen (secondary N) is 1. The minimum Gasteiger partial charge on any atom is -0.381 e. The molecule has 1 saturated heterocycles. The Kier molecular flexibility index (Phi) is 4.50. The highest BCUT2D eigenvalue weighted by molar-refractivity contribution is 6.04. The summed E-state index contributed by atoms with van der Waals surface area (Å²) < 4.78 is 7.30. The van der Waals surface area contributed by atoms with Crippen LogP contribution in [0.5, 0.6) is 0 Å². The maximum Gasteiger partial charge on any atom is 0.255 e. The van der Waals surface area contributed by atoms with Crippen LogP contribution in [0.1, 0.15) is 28.3 Å². The second-order valence-electron chi connectivity index (χ2n) is 6.48. The van der Waals surface area contributed by atoms with Gasteiger partial charge in [-0.15, -0.1) is 10.2 Å². The van der Waals surface area contributed by atoms with Gasteiger partial charge in [-0.3, -0.25) is 4.79 Å². The van der Waals surface area contributed by atoms with Crippen LogP contribution in [0.25, 0.3) is 11.4 Å². The molecule has 6 heteroatoms. The zero-order chi connectivity index (χ0) is 17.9. The third-order valence-corrected chi connectivity index (χ3v) is 4.66. The van der Waals surface area contributed by atoms with E-state index in [1.807, 2.05) is 54.1 Å². The lowest BCUT2D eigenvalue weighted by molar-refractivity contribution is 0.102. The van der Waals surface area contributed by atoms with Gasteiger partial charge in [0.2, 0.25) is 0 Å². The molecule has 1 N–H and O–H groups in total. The summed E-state index contributed by atoms with van der Waals surface area (Å²) in [5.74, 6) is 1.06. The van der Waals surface area contributed by atoms with Crippen molar-refractivity contribution in [3.05, 3.63) is 66.0 Å². The number of hydrogen-bond donors (Lipinski definition) is 1. The first kappa shape index (κ1) is 16.5. The van der Waals surface area contributed by atoms with Crippen LogP contribution in [0.4, 0.5) is 5.69 Å². The summed E-state index contributed by atoms with van der Waals surface area (Å²) in [4.78, 5) is 12.6. The summed E-state index contributed by atoms with van der Waals surface area (Å²) in [7, 11) is 1.90. The quantitative estimate of drug-likeness (QED) is 0.786. The molecule has 6 nitrogen and oxygen atoms in total. The fourth-order valence-corrected chi connectivity index (χ4v) is 3.18. The molecule has 0 spiro atoms. The van der Waals surface area contributed by atoms with Gasteiger partial charge in [0.25, 0.3) is 5.91 Å². The van der Waals surface area contributed by atoms with Crippen LogP contribution in [0, 0.1) is 0 Å². The van der Waals surface area contributed by atoms with Gasteiger partial charge in [-0.05, 0) is 48.4 Å². The molecular formula is C20H20N4O2. The van der Waals surface area contributed by atoms with E-state index < -0.39 is 0 Å². The smallest absolute Gasteiger partial charge is 0.255 e. The number of ether oxygens (including phenoxy) is 1. The van der Waals surface area contributed by atoms with Gasteiger partial charge >= 0.3 is 0 Å². The highest BCUT2D eigenvalue weighted by Gasteiger charge is 2.18. The number of aromatic nitrogens is 3. The largest absolute Gasteiger partial charge is 0.381 e. The molecule has 4 rings (SSSR count). The predicted molar refractivity (Wildman–Crippen MR) is 99.0 cm³/mol. The Labute approximate surface area is 151 Å². The second kappa shape index (κ2) is 7.09. The Morgan fingerprint density at radius 3 is 2.77 bits per heavy atom. The molecule has 3 aromatic rings. The van der Waals surface area contributed by atoms with Crippen molar-refractivity contribution < 1.29 is 9.53 Å². The first-order valence-electron chi connectivity index (χ1n) is 8.64. The number of carbonyl (C=O) groups excluding carboxylic acids is 1. The second-order valence-corrected chi connectivity index (χ2v) is 6.48. The van der Waals surface area contributed by atoms with Crippen molar-refractivity contribution >= 4 is 11.6 Å². The highest BCUT2D eigenvalue weighted by atomic mass is 16.5. The predicted octanol–water partition coefficient (Wildman–Crippen LogP) is 3.24. The third kappa shape index (κ3) is 3.36. The number of amides is 1. The molecule has 1 atom stereocenters. The maximum absolute atomic E-state index is 12.6. The normalized spacial score (nSPS) is 16.6. The molecular weight excluding hydrogens is 328 g/mol. The lowest BCUT2D eigenvalue weighted by Gasteiger charge is -2.11. The fourth-order valence-electron chi connectivity index (χ4n) is 3.18. The Balaban J connectivity index is 1.48. The molecule has 0 radical (unpaired) electrons. The Morgan fingerprint density at radius 2 is 2.08 bits per heavy atom. The van der Waals surface area contributed by atoms with Gasteiger partial charge in [0.15, 0.2) is 5.82 Å². The first-order chi connectivity index (χ1) is 12.7. The lowest BCUT2D eigenvalue weighted by atomic mass is 9.96.